The molecule has 16 heteroatoms. The van der Waals surface area contributed by atoms with E-state index in [-0.39, 0.29) is 67.4 Å². The number of hydrogen-bond acceptors (Lipinski definition) is 9. The minimum atomic E-state index is -0.929. The number of carbonyl (C=O) groups is 3. The van der Waals surface area contributed by atoms with Gasteiger partial charge in [0, 0.05) is 43.0 Å². The van der Waals surface area contributed by atoms with E-state index in [1.807, 2.05) is 6.92 Å². The third kappa shape index (κ3) is 9.84. The monoisotopic (exact) mass is 850 g/mol. The predicted molar refractivity (Wildman–Crippen MR) is 214 cm³/mol. The van der Waals surface area contributed by atoms with Crippen LogP contribution in [0, 0.1) is 12.7 Å². The number of aromatic nitrogens is 1. The van der Waals surface area contributed by atoms with Gasteiger partial charge in [0.15, 0.2) is 5.75 Å². The third-order valence-electron chi connectivity index (χ3n) is 9.24. The highest BCUT2D eigenvalue weighted by Crippen LogP contribution is 2.44. The summed E-state index contributed by atoms with van der Waals surface area (Å²) < 4.78 is 38.8. The van der Waals surface area contributed by atoms with E-state index in [0.717, 1.165) is 18.4 Å². The van der Waals surface area contributed by atoms with Crippen molar-refractivity contribution in [2.75, 3.05) is 26.3 Å². The lowest BCUT2D eigenvalue weighted by molar-refractivity contribution is -0.129. The third-order valence-corrected chi connectivity index (χ3v) is 11.1. The minimum absolute atomic E-state index is 0.0388. The largest absolute Gasteiger partial charge is 0.487 e. The topological polar surface area (TPSA) is 111 Å². The van der Waals surface area contributed by atoms with Crippen LogP contribution >= 0.6 is 46.1 Å². The molecule has 2 unspecified atom stereocenters. The highest BCUT2D eigenvalue weighted by atomic mass is 35.5. The molecule has 3 aromatic rings. The summed E-state index contributed by atoms with van der Waals surface area (Å²) in [5, 5.41) is 1.07. The fourth-order valence-corrected chi connectivity index (χ4v) is 8.56. The Balaban J connectivity index is 1.37. The first kappa shape index (κ1) is 41.8. The van der Waals surface area contributed by atoms with Gasteiger partial charge in [-0.1, -0.05) is 58.3 Å². The summed E-state index contributed by atoms with van der Waals surface area (Å²) in [4.78, 5) is 52.7. The number of nitrogens with zero attached hydrogens (tertiary/aromatic N) is 4. The number of hydrogen-bond donors (Lipinski definition) is 0. The Labute approximate surface area is 345 Å². The van der Waals surface area contributed by atoms with E-state index in [0.29, 0.717) is 31.4 Å². The lowest BCUT2D eigenvalue weighted by Gasteiger charge is -2.51. The lowest BCUT2D eigenvalue weighted by Crippen LogP contribution is -2.66. The van der Waals surface area contributed by atoms with E-state index >= 15 is 9.18 Å². The summed E-state index contributed by atoms with van der Waals surface area (Å²) in [6.07, 6.45) is 2.11. The average molecular weight is 852 g/mol. The molecule has 3 aliphatic rings. The minimum Gasteiger partial charge on any atom is -0.487 e. The van der Waals surface area contributed by atoms with E-state index in [1.54, 1.807) is 81.8 Å². The molecule has 1 aliphatic carbocycles. The Kier molecular flexibility index (Phi) is 12.4. The molecule has 2 aliphatic heterocycles. The lowest BCUT2D eigenvalue weighted by atomic mass is 9.83. The van der Waals surface area contributed by atoms with Crippen LogP contribution in [-0.2, 0) is 20.8 Å². The summed E-state index contributed by atoms with van der Waals surface area (Å²) in [7, 11) is 0. The van der Waals surface area contributed by atoms with E-state index in [1.165, 1.54) is 22.3 Å². The molecule has 2 fully saturated rings. The van der Waals surface area contributed by atoms with Crippen LogP contribution in [0.2, 0.25) is 15.1 Å². The molecular weight excluding hydrogens is 806 g/mol. The van der Waals surface area contributed by atoms with Gasteiger partial charge in [-0.25, -0.2) is 19.0 Å². The highest BCUT2D eigenvalue weighted by Gasteiger charge is 2.51. The van der Waals surface area contributed by atoms with Gasteiger partial charge in [-0.15, -0.1) is 0 Å². The van der Waals surface area contributed by atoms with Crippen LogP contribution < -0.4 is 9.47 Å². The smallest absolute Gasteiger partial charge is 0.411 e. The molecule has 1 saturated carbocycles. The molecule has 1 saturated heterocycles. The molecule has 1 aromatic heterocycles. The van der Waals surface area contributed by atoms with E-state index in [4.69, 9.17) is 53.8 Å². The second-order valence-electron chi connectivity index (χ2n) is 16.2. The quantitative estimate of drug-likeness (QED) is 0.186. The molecule has 6 rings (SSSR count). The molecule has 0 radical (unpaired) electrons. The van der Waals surface area contributed by atoms with Crippen molar-refractivity contribution in [2.45, 2.75) is 104 Å². The van der Waals surface area contributed by atoms with Gasteiger partial charge in [-0.05, 0) is 97.1 Å². The van der Waals surface area contributed by atoms with Crippen molar-refractivity contribution in [3.8, 4) is 10.9 Å². The highest BCUT2D eigenvalue weighted by molar-refractivity contribution is 7.14. The van der Waals surface area contributed by atoms with Crippen molar-refractivity contribution in [3.63, 3.8) is 0 Å². The average Bonchev–Trinajstić information content (AvgIpc) is 3.82. The van der Waals surface area contributed by atoms with Gasteiger partial charge >= 0.3 is 12.2 Å². The normalized spacial score (nSPS) is 18.5. The molecule has 0 N–H and O–H groups in total. The van der Waals surface area contributed by atoms with E-state index < -0.39 is 41.3 Å². The Morgan fingerprint density at radius 2 is 1.57 bits per heavy atom. The second kappa shape index (κ2) is 16.6. The molecular formula is C40H46Cl3FN4O7S. The molecule has 2 atom stereocenters. The maximum absolute atomic E-state index is 15.3. The van der Waals surface area contributed by atoms with Gasteiger partial charge < -0.3 is 28.7 Å². The summed E-state index contributed by atoms with van der Waals surface area (Å²) in [6, 6.07) is 6.55. The summed E-state index contributed by atoms with van der Waals surface area (Å²) in [5.74, 6) is -0.631. The first-order chi connectivity index (χ1) is 26.3. The van der Waals surface area contributed by atoms with E-state index in [2.05, 4.69) is 4.98 Å². The van der Waals surface area contributed by atoms with Crippen molar-refractivity contribution in [1.82, 2.24) is 19.7 Å². The maximum atomic E-state index is 15.3. The van der Waals surface area contributed by atoms with Gasteiger partial charge in [0.2, 0.25) is 0 Å². The number of fused-ring (bicyclic) bond motifs is 2. The number of carbonyl (C=O) groups excluding carboxylic acids is 3. The summed E-state index contributed by atoms with van der Waals surface area (Å²) in [6.45, 7) is 12.8. The van der Waals surface area contributed by atoms with Crippen molar-refractivity contribution >= 4 is 69.8 Å². The number of amides is 3. The maximum Gasteiger partial charge on any atom is 0.411 e. The zero-order chi connectivity index (χ0) is 40.7. The molecule has 3 heterocycles. The molecule has 302 valence electrons. The van der Waals surface area contributed by atoms with Crippen LogP contribution in [-0.4, -0.2) is 93.4 Å². The van der Waals surface area contributed by atoms with Crippen molar-refractivity contribution < 1.29 is 37.7 Å². The predicted octanol–water partition coefficient (Wildman–Crippen LogP) is 9.58. The number of rotatable bonds is 10. The van der Waals surface area contributed by atoms with Crippen LogP contribution in [0.1, 0.15) is 76.8 Å². The Bertz CT molecular complexity index is 2000. The zero-order valence-electron chi connectivity index (χ0n) is 32.4. The van der Waals surface area contributed by atoms with Crippen molar-refractivity contribution in [1.29, 1.82) is 0 Å². The van der Waals surface area contributed by atoms with Crippen LogP contribution in [0.4, 0.5) is 14.0 Å². The van der Waals surface area contributed by atoms with Gasteiger partial charge in [0.1, 0.15) is 30.2 Å². The van der Waals surface area contributed by atoms with Crippen LogP contribution in [0.5, 0.6) is 10.9 Å². The zero-order valence-corrected chi connectivity index (χ0v) is 35.5. The standard InChI is InChI=1S/C40H46Cl3FN4O7S/c1-22-15-28(42)34(29(43)16-22)52-13-14-53-36-45-18-31(56-36)26-17-25-20-46(37(50)54-39(2,3)4)21-30(48(25)38(51)55-40(5,6)7)32(26)35(49)47(24-11-12-24)19-23-9-8-10-27(41)33(23)44/h8-10,15-16,18,24-25,30H,11-14,17,19-21H2,1-7H3. The van der Waals surface area contributed by atoms with Crippen LogP contribution in [0.25, 0.3) is 5.57 Å². The van der Waals surface area contributed by atoms with Gasteiger partial charge in [0.25, 0.3) is 11.1 Å². The molecule has 3 amide bonds. The van der Waals surface area contributed by atoms with Gasteiger partial charge in [-0.2, -0.15) is 0 Å². The summed E-state index contributed by atoms with van der Waals surface area (Å²) in [5.41, 5.74) is 0.505. The molecule has 11 nitrogen and oxygen atoms in total. The van der Waals surface area contributed by atoms with Gasteiger partial charge in [-0.3, -0.25) is 9.69 Å². The Morgan fingerprint density at radius 1 is 0.929 bits per heavy atom. The number of ether oxygens (including phenoxy) is 4. The van der Waals surface area contributed by atoms with Crippen molar-refractivity contribution in [3.05, 3.63) is 79.0 Å². The first-order valence-electron chi connectivity index (χ1n) is 18.4. The number of halogens is 4. The molecule has 2 bridgehead atoms. The van der Waals surface area contributed by atoms with Crippen LogP contribution in [0.15, 0.2) is 42.1 Å². The summed E-state index contributed by atoms with van der Waals surface area (Å²) >= 11 is 20.1. The number of piperazine rings is 1. The van der Waals surface area contributed by atoms with E-state index in [9.17, 15) is 9.59 Å². The molecule has 0 spiro atoms. The van der Waals surface area contributed by atoms with Gasteiger partial charge in [0.05, 0.1) is 32.0 Å². The second-order valence-corrected chi connectivity index (χ2v) is 18.4. The fraction of sp³-hybridized carbons (Fsp3) is 0.500. The Morgan fingerprint density at radius 3 is 2.21 bits per heavy atom. The number of benzene rings is 2. The SMILES string of the molecule is Cc1cc(Cl)c(OCCOc2ncc(C3=C(C(=O)N(Cc4cccc(Cl)c4F)C4CC4)C4CN(C(=O)OC(C)(C)C)CC(C3)N4C(=O)OC(C)(C)C)s2)c(Cl)c1. The Hall–Kier alpha value is -3.78. The number of thiazole rings is 1. The first-order valence-corrected chi connectivity index (χ1v) is 20.4. The fourth-order valence-electron chi connectivity index (χ4n) is 6.80. The molecule has 2 aromatic carbocycles. The van der Waals surface area contributed by atoms with Crippen molar-refractivity contribution in [2.24, 2.45) is 0 Å². The number of aryl methyl sites for hydroxylation is 1. The van der Waals surface area contributed by atoms with Crippen LogP contribution in [0.3, 0.4) is 0 Å². The molecule has 56 heavy (non-hydrogen) atoms.